The Hall–Kier alpha value is -5.60. The maximum absolute atomic E-state index is 14.5. The molecule has 1 fully saturated rings. The van der Waals surface area contributed by atoms with Gasteiger partial charge in [0, 0.05) is 50.1 Å². The summed E-state index contributed by atoms with van der Waals surface area (Å²) in [5, 5.41) is 18.5. The largest absolute Gasteiger partial charge is 0.480 e. The SMILES string of the molecule is CN(C(=O)OC(C)(C)C)C(Cc1ccccc1)C(=O)N1CCCC[C@H]1C(=O)N[C@@H](Cc1c[nH]c2ccccc12)C(=O)N[C@@H](CCCNC(N)=O)C(=O)O. The van der Waals surface area contributed by atoms with E-state index in [1.54, 1.807) is 27.0 Å². The number of aliphatic carboxylic acids is 1. The van der Waals surface area contributed by atoms with Crippen molar-refractivity contribution >= 4 is 46.7 Å². The van der Waals surface area contributed by atoms with Gasteiger partial charge in [-0.15, -0.1) is 0 Å². The molecule has 2 heterocycles. The fourth-order valence-corrected chi connectivity index (χ4v) is 6.39. The maximum Gasteiger partial charge on any atom is 0.410 e. The van der Waals surface area contributed by atoms with Crippen LogP contribution in [0.15, 0.2) is 60.8 Å². The highest BCUT2D eigenvalue weighted by Crippen LogP contribution is 2.24. The predicted octanol–water partition coefficient (Wildman–Crippen LogP) is 3.07. The van der Waals surface area contributed by atoms with E-state index in [0.717, 1.165) is 22.0 Å². The number of ether oxygens (including phenoxy) is 1. The van der Waals surface area contributed by atoms with Crippen molar-refractivity contribution in [3.8, 4) is 0 Å². The predicted molar refractivity (Wildman–Crippen MR) is 198 cm³/mol. The number of likely N-dealkylation sites (N-methyl/N-ethyl adjacent to an activating group) is 1. The third-order valence-electron chi connectivity index (χ3n) is 9.11. The number of benzene rings is 2. The van der Waals surface area contributed by atoms with E-state index in [2.05, 4.69) is 20.9 Å². The number of aromatic nitrogens is 1. The first-order valence-corrected chi connectivity index (χ1v) is 17.9. The van der Waals surface area contributed by atoms with Crippen molar-refractivity contribution < 1.29 is 38.6 Å². The molecule has 15 nitrogen and oxygen atoms in total. The Bertz CT molecular complexity index is 1760. The van der Waals surface area contributed by atoms with Crippen molar-refractivity contribution in [1.82, 2.24) is 30.7 Å². The molecule has 1 aromatic heterocycles. The molecule has 4 rings (SSSR count). The molecule has 6 amide bonds. The number of likely N-dealkylation sites (tertiary alicyclic amines) is 1. The number of carboxylic acids is 1. The number of hydrogen-bond acceptors (Lipinski definition) is 7. The number of para-hydroxylation sites is 1. The Morgan fingerprint density at radius 1 is 0.981 bits per heavy atom. The van der Waals surface area contributed by atoms with E-state index in [1.807, 2.05) is 54.6 Å². The average Bonchev–Trinajstić information content (AvgIpc) is 3.53. The lowest BCUT2D eigenvalue weighted by atomic mass is 9.96. The minimum Gasteiger partial charge on any atom is -0.480 e. The molecule has 53 heavy (non-hydrogen) atoms. The molecule has 1 unspecified atom stereocenters. The molecule has 0 bridgehead atoms. The lowest BCUT2D eigenvalue weighted by molar-refractivity contribution is -0.147. The number of primary amides is 1. The van der Waals surface area contributed by atoms with Gasteiger partial charge in [0.2, 0.25) is 17.7 Å². The van der Waals surface area contributed by atoms with Gasteiger partial charge in [-0.05, 0) is 70.1 Å². The van der Waals surface area contributed by atoms with Crippen LogP contribution in [-0.4, -0.2) is 106 Å². The highest BCUT2D eigenvalue weighted by atomic mass is 16.6. The number of carbonyl (C=O) groups is 6. The summed E-state index contributed by atoms with van der Waals surface area (Å²) >= 11 is 0. The number of aromatic amines is 1. The van der Waals surface area contributed by atoms with Crippen molar-refractivity contribution in [1.29, 1.82) is 0 Å². The Morgan fingerprint density at radius 2 is 1.68 bits per heavy atom. The van der Waals surface area contributed by atoms with E-state index in [1.165, 1.54) is 16.8 Å². The van der Waals surface area contributed by atoms with Crippen LogP contribution >= 0.6 is 0 Å². The van der Waals surface area contributed by atoms with Crippen molar-refractivity contribution in [3.63, 3.8) is 0 Å². The summed E-state index contributed by atoms with van der Waals surface area (Å²) in [6.07, 6.45) is 3.07. The number of amides is 6. The molecular formula is C38H51N7O8. The number of carbonyl (C=O) groups excluding carboxylic acids is 5. The van der Waals surface area contributed by atoms with E-state index < -0.39 is 65.6 Å². The fourth-order valence-electron chi connectivity index (χ4n) is 6.39. The van der Waals surface area contributed by atoms with Gasteiger partial charge in [-0.25, -0.2) is 14.4 Å². The van der Waals surface area contributed by atoms with Crippen molar-refractivity contribution in [3.05, 3.63) is 71.9 Å². The zero-order valence-corrected chi connectivity index (χ0v) is 30.7. The van der Waals surface area contributed by atoms with Crippen LogP contribution in [0.25, 0.3) is 10.9 Å². The zero-order valence-electron chi connectivity index (χ0n) is 30.7. The van der Waals surface area contributed by atoms with Gasteiger partial charge in [0.05, 0.1) is 0 Å². The second kappa shape index (κ2) is 18.2. The molecule has 7 N–H and O–H groups in total. The van der Waals surface area contributed by atoms with Gasteiger partial charge in [-0.1, -0.05) is 48.5 Å². The molecule has 286 valence electrons. The summed E-state index contributed by atoms with van der Waals surface area (Å²) in [4.78, 5) is 84.9. The second-order valence-electron chi connectivity index (χ2n) is 14.3. The van der Waals surface area contributed by atoms with Gasteiger partial charge in [-0.2, -0.15) is 0 Å². The molecule has 0 saturated carbocycles. The number of fused-ring (bicyclic) bond motifs is 1. The third kappa shape index (κ3) is 11.4. The summed E-state index contributed by atoms with van der Waals surface area (Å²) < 4.78 is 5.60. The molecule has 1 aliphatic rings. The summed E-state index contributed by atoms with van der Waals surface area (Å²) in [6, 6.07) is 11.5. The highest BCUT2D eigenvalue weighted by Gasteiger charge is 2.40. The van der Waals surface area contributed by atoms with Crippen LogP contribution in [-0.2, 0) is 36.8 Å². The number of piperidine rings is 1. The summed E-state index contributed by atoms with van der Waals surface area (Å²) in [5.74, 6) is -3.01. The number of carboxylic acid groups (broad SMARTS) is 1. The molecule has 15 heteroatoms. The van der Waals surface area contributed by atoms with E-state index in [-0.39, 0.29) is 38.8 Å². The van der Waals surface area contributed by atoms with Gasteiger partial charge < -0.3 is 41.4 Å². The van der Waals surface area contributed by atoms with Gasteiger partial charge >= 0.3 is 18.1 Å². The maximum atomic E-state index is 14.5. The smallest absolute Gasteiger partial charge is 0.410 e. The van der Waals surface area contributed by atoms with Gasteiger partial charge in [0.1, 0.15) is 29.8 Å². The number of H-pyrrole nitrogens is 1. The lowest BCUT2D eigenvalue weighted by Gasteiger charge is -2.39. The quantitative estimate of drug-likeness (QED) is 0.127. The standard InChI is InChI=1S/C38H51N7O8/c1-38(2,3)53-37(52)44(4)31(21-24-13-6-5-7-14-24)34(48)45-20-11-10-18-30(45)33(47)43-29(22-25-23-41-27-16-9-8-15-26(25)27)32(46)42-28(35(49)50)17-12-19-40-36(39)51/h5-9,13-16,23,28-31,41H,10-12,17-22H2,1-4H3,(H,42,46)(H,43,47)(H,49,50)(H3,39,40,51)/t28-,29-,30-,31?/m0/s1. The molecular weight excluding hydrogens is 682 g/mol. The van der Waals surface area contributed by atoms with Crippen LogP contribution in [0.3, 0.4) is 0 Å². The van der Waals surface area contributed by atoms with E-state index in [0.29, 0.717) is 19.3 Å². The lowest BCUT2D eigenvalue weighted by Crippen LogP contribution is -2.61. The Labute approximate surface area is 309 Å². The summed E-state index contributed by atoms with van der Waals surface area (Å²) in [7, 11) is 1.50. The van der Waals surface area contributed by atoms with Crippen LogP contribution in [0, 0.1) is 0 Å². The van der Waals surface area contributed by atoms with Crippen molar-refractivity contribution in [2.45, 2.75) is 95.5 Å². The zero-order chi connectivity index (χ0) is 38.7. The van der Waals surface area contributed by atoms with E-state index in [9.17, 15) is 33.9 Å². The molecule has 2 aromatic carbocycles. The number of urea groups is 1. The molecule has 3 aromatic rings. The van der Waals surface area contributed by atoms with E-state index >= 15 is 0 Å². The van der Waals surface area contributed by atoms with Crippen molar-refractivity contribution in [2.75, 3.05) is 20.1 Å². The Morgan fingerprint density at radius 3 is 2.36 bits per heavy atom. The number of rotatable bonds is 15. The molecule has 0 aliphatic carbocycles. The number of nitrogens with two attached hydrogens (primary N) is 1. The molecule has 1 aliphatic heterocycles. The van der Waals surface area contributed by atoms with E-state index in [4.69, 9.17) is 10.5 Å². The number of nitrogens with one attached hydrogen (secondary N) is 4. The summed E-state index contributed by atoms with van der Waals surface area (Å²) in [6.45, 7) is 5.58. The minimum absolute atomic E-state index is 0.00597. The van der Waals surface area contributed by atoms with Gasteiger partial charge in [-0.3, -0.25) is 19.3 Å². The van der Waals surface area contributed by atoms with Crippen LogP contribution in [0.4, 0.5) is 9.59 Å². The third-order valence-corrected chi connectivity index (χ3v) is 9.11. The fraction of sp³-hybridized carbons (Fsp3) is 0.474. The Kier molecular flexibility index (Phi) is 13.8. The molecule has 1 saturated heterocycles. The Balaban J connectivity index is 1.60. The van der Waals surface area contributed by atoms with Crippen LogP contribution in [0.2, 0.25) is 0 Å². The molecule has 0 radical (unpaired) electrons. The highest BCUT2D eigenvalue weighted by molar-refractivity contribution is 5.95. The van der Waals surface area contributed by atoms with Crippen LogP contribution < -0.4 is 21.7 Å². The number of hydrogen-bond donors (Lipinski definition) is 6. The first kappa shape index (κ1) is 40.2. The number of nitrogens with zero attached hydrogens (tertiary/aromatic N) is 2. The normalized spacial score (nSPS) is 16.2. The monoisotopic (exact) mass is 733 g/mol. The summed E-state index contributed by atoms with van der Waals surface area (Å²) in [5.41, 5.74) is 6.65. The second-order valence-corrected chi connectivity index (χ2v) is 14.3. The topological polar surface area (TPSA) is 216 Å². The first-order chi connectivity index (χ1) is 25.1. The van der Waals surface area contributed by atoms with Crippen LogP contribution in [0.5, 0.6) is 0 Å². The van der Waals surface area contributed by atoms with Gasteiger partial charge in [0.15, 0.2) is 0 Å². The minimum atomic E-state index is -1.31. The van der Waals surface area contributed by atoms with Gasteiger partial charge in [0.25, 0.3) is 0 Å². The molecule has 4 atom stereocenters. The molecule has 0 spiro atoms. The first-order valence-electron chi connectivity index (χ1n) is 17.9. The van der Waals surface area contributed by atoms with Crippen LogP contribution in [0.1, 0.15) is 64.0 Å². The van der Waals surface area contributed by atoms with Crippen molar-refractivity contribution in [2.24, 2.45) is 5.73 Å². The average molecular weight is 734 g/mol.